The fraction of sp³-hybridized carbons (Fsp3) is 0.333. The number of rotatable bonds is 2. The van der Waals surface area contributed by atoms with Gasteiger partial charge in [0.2, 0.25) is 0 Å². The lowest BCUT2D eigenvalue weighted by molar-refractivity contribution is -0.0589. The maximum absolute atomic E-state index is 14.5. The van der Waals surface area contributed by atoms with Crippen molar-refractivity contribution in [2.45, 2.75) is 18.1 Å². The molecular weight excluding hydrogens is 360 g/mol. The predicted octanol–water partition coefficient (Wildman–Crippen LogP) is 3.10. The van der Waals surface area contributed by atoms with E-state index in [0.717, 1.165) is 11.6 Å². The van der Waals surface area contributed by atoms with Gasteiger partial charge < -0.3 is 15.6 Å². The zero-order chi connectivity index (χ0) is 18.3. The molecule has 3 atom stereocenters. The SMILES string of the molecule is NC1=N[C@@]2(c3ccc(F)cc3F)CO[C@@H](c3cncc(O)c3)C[C@H]2CS1. The molecule has 2 aromatic rings. The summed E-state index contributed by atoms with van der Waals surface area (Å²) < 4.78 is 33.9. The summed E-state index contributed by atoms with van der Waals surface area (Å²) >= 11 is 1.42. The Hall–Kier alpha value is -2.19. The Morgan fingerprint density at radius 3 is 2.88 bits per heavy atom. The molecule has 0 amide bonds. The van der Waals surface area contributed by atoms with Crippen LogP contribution in [0.1, 0.15) is 23.7 Å². The molecule has 3 N–H and O–H groups in total. The highest BCUT2D eigenvalue weighted by Gasteiger charge is 2.49. The smallest absolute Gasteiger partial charge is 0.154 e. The number of thioether (sulfide) groups is 1. The normalized spacial score (nSPS) is 28.3. The minimum Gasteiger partial charge on any atom is -0.506 e. The van der Waals surface area contributed by atoms with Crippen molar-refractivity contribution in [1.29, 1.82) is 0 Å². The van der Waals surface area contributed by atoms with Crippen LogP contribution < -0.4 is 5.73 Å². The van der Waals surface area contributed by atoms with E-state index in [0.29, 0.717) is 22.9 Å². The van der Waals surface area contributed by atoms with Gasteiger partial charge in [-0.1, -0.05) is 17.8 Å². The zero-order valence-corrected chi connectivity index (χ0v) is 14.5. The molecule has 1 fully saturated rings. The van der Waals surface area contributed by atoms with Gasteiger partial charge in [0, 0.05) is 35.1 Å². The molecule has 8 heteroatoms. The number of benzene rings is 1. The van der Waals surface area contributed by atoms with Crippen LogP contribution in [0, 0.1) is 17.6 Å². The third-order valence-corrected chi connectivity index (χ3v) is 5.89. The molecule has 0 bridgehead atoms. The van der Waals surface area contributed by atoms with E-state index in [1.165, 1.54) is 30.1 Å². The van der Waals surface area contributed by atoms with Crippen LogP contribution >= 0.6 is 11.8 Å². The molecule has 0 saturated carbocycles. The average Bonchev–Trinajstić information content (AvgIpc) is 2.61. The van der Waals surface area contributed by atoms with Crippen molar-refractivity contribution in [3.63, 3.8) is 0 Å². The molecule has 3 heterocycles. The highest BCUT2D eigenvalue weighted by Crippen LogP contribution is 2.49. The van der Waals surface area contributed by atoms with Gasteiger partial charge >= 0.3 is 0 Å². The van der Waals surface area contributed by atoms with E-state index in [1.54, 1.807) is 12.3 Å². The molecule has 0 aliphatic carbocycles. The molecule has 1 aromatic carbocycles. The molecule has 136 valence electrons. The first-order valence-electron chi connectivity index (χ1n) is 8.17. The first kappa shape index (κ1) is 17.2. The van der Waals surface area contributed by atoms with Gasteiger partial charge in [-0.05, 0) is 18.6 Å². The quantitative estimate of drug-likeness (QED) is 0.841. The van der Waals surface area contributed by atoms with Crippen LogP contribution in [0.4, 0.5) is 8.78 Å². The van der Waals surface area contributed by atoms with Crippen molar-refractivity contribution in [3.05, 3.63) is 59.4 Å². The van der Waals surface area contributed by atoms with Crippen molar-refractivity contribution in [1.82, 2.24) is 4.98 Å². The molecule has 0 radical (unpaired) electrons. The van der Waals surface area contributed by atoms with Crippen LogP contribution in [0.3, 0.4) is 0 Å². The summed E-state index contributed by atoms with van der Waals surface area (Å²) in [6, 6.07) is 5.11. The number of hydrogen-bond acceptors (Lipinski definition) is 6. The number of halogens is 2. The number of fused-ring (bicyclic) bond motifs is 1. The van der Waals surface area contributed by atoms with Gasteiger partial charge in [0.05, 0.1) is 18.9 Å². The van der Waals surface area contributed by atoms with Gasteiger partial charge in [-0.2, -0.15) is 0 Å². The van der Waals surface area contributed by atoms with Gasteiger partial charge in [-0.25, -0.2) is 13.8 Å². The Bertz CT molecular complexity index is 879. The molecule has 5 nitrogen and oxygen atoms in total. The summed E-state index contributed by atoms with van der Waals surface area (Å²) in [5.41, 5.74) is 6.00. The van der Waals surface area contributed by atoms with Gasteiger partial charge in [-0.15, -0.1) is 0 Å². The van der Waals surface area contributed by atoms with Crippen molar-refractivity contribution >= 4 is 16.9 Å². The first-order valence-corrected chi connectivity index (χ1v) is 9.16. The predicted molar refractivity (Wildman–Crippen MR) is 94.8 cm³/mol. The van der Waals surface area contributed by atoms with Gasteiger partial charge in [0.25, 0.3) is 0 Å². The Morgan fingerprint density at radius 2 is 2.12 bits per heavy atom. The van der Waals surface area contributed by atoms with Gasteiger partial charge in [0.15, 0.2) is 5.17 Å². The summed E-state index contributed by atoms with van der Waals surface area (Å²) in [5, 5.41) is 10.0. The molecule has 1 aromatic heterocycles. The summed E-state index contributed by atoms with van der Waals surface area (Å²) in [4.78, 5) is 8.54. The summed E-state index contributed by atoms with van der Waals surface area (Å²) in [6.45, 7) is 0.113. The van der Waals surface area contributed by atoms with Crippen molar-refractivity contribution in [3.8, 4) is 5.75 Å². The summed E-state index contributed by atoms with van der Waals surface area (Å²) in [7, 11) is 0. The summed E-state index contributed by atoms with van der Waals surface area (Å²) in [6.07, 6.45) is 3.27. The number of nitrogens with two attached hydrogens (primary N) is 1. The minimum atomic E-state index is -0.978. The number of nitrogens with zero attached hydrogens (tertiary/aromatic N) is 2. The minimum absolute atomic E-state index is 0.0548. The highest BCUT2D eigenvalue weighted by atomic mass is 32.2. The van der Waals surface area contributed by atoms with Gasteiger partial charge in [0.1, 0.15) is 22.9 Å². The Labute approximate surface area is 153 Å². The van der Waals surface area contributed by atoms with E-state index in [1.807, 2.05) is 0 Å². The van der Waals surface area contributed by atoms with E-state index in [2.05, 4.69) is 9.98 Å². The van der Waals surface area contributed by atoms with Crippen LogP contribution in [0.5, 0.6) is 5.75 Å². The maximum Gasteiger partial charge on any atom is 0.154 e. The lowest BCUT2D eigenvalue weighted by atomic mass is 9.74. The monoisotopic (exact) mass is 377 g/mol. The van der Waals surface area contributed by atoms with Crippen molar-refractivity contribution < 1.29 is 18.6 Å². The van der Waals surface area contributed by atoms with Crippen LogP contribution in [-0.2, 0) is 10.3 Å². The van der Waals surface area contributed by atoms with Crippen LogP contribution in [0.15, 0.2) is 41.7 Å². The third-order valence-electron chi connectivity index (χ3n) is 4.93. The van der Waals surface area contributed by atoms with E-state index in [-0.39, 0.29) is 24.4 Å². The largest absolute Gasteiger partial charge is 0.506 e. The van der Waals surface area contributed by atoms with E-state index in [4.69, 9.17) is 10.5 Å². The lowest BCUT2D eigenvalue weighted by Gasteiger charge is -2.46. The zero-order valence-electron chi connectivity index (χ0n) is 13.7. The molecule has 26 heavy (non-hydrogen) atoms. The Kier molecular flexibility index (Phi) is 4.32. The number of pyridine rings is 1. The number of ether oxygens (including phenoxy) is 1. The second-order valence-corrected chi connectivity index (χ2v) is 7.56. The lowest BCUT2D eigenvalue weighted by Crippen LogP contribution is -2.48. The number of aromatic nitrogens is 1. The number of aliphatic imine (C=N–C) groups is 1. The molecule has 1 saturated heterocycles. The van der Waals surface area contributed by atoms with E-state index in [9.17, 15) is 13.9 Å². The number of amidine groups is 1. The molecule has 0 spiro atoms. The Morgan fingerprint density at radius 1 is 1.27 bits per heavy atom. The summed E-state index contributed by atoms with van der Waals surface area (Å²) in [5.74, 6) is -0.631. The first-order chi connectivity index (χ1) is 12.5. The molecule has 2 aliphatic heterocycles. The van der Waals surface area contributed by atoms with Crippen molar-refractivity contribution in [2.24, 2.45) is 16.6 Å². The van der Waals surface area contributed by atoms with Gasteiger partial charge in [-0.3, -0.25) is 4.98 Å². The fourth-order valence-corrected chi connectivity index (χ4v) is 4.67. The second kappa shape index (κ2) is 6.51. The maximum atomic E-state index is 14.5. The molecular formula is C18H17F2N3O2S. The average molecular weight is 377 g/mol. The molecule has 2 aliphatic rings. The van der Waals surface area contributed by atoms with Crippen LogP contribution in [-0.4, -0.2) is 27.6 Å². The van der Waals surface area contributed by atoms with Crippen molar-refractivity contribution in [2.75, 3.05) is 12.4 Å². The standard InChI is InChI=1S/C18H17F2N3O2S/c19-12-1-2-14(15(20)5-12)18-9-25-16(10-3-13(24)7-22-6-10)4-11(18)8-26-17(21)23-18/h1-3,5-7,11,16,24H,4,8-9H2,(H2,21,23)/t11-,16+,18-/m0/s1. The van der Waals surface area contributed by atoms with E-state index >= 15 is 0 Å². The molecule has 0 unspecified atom stereocenters. The topological polar surface area (TPSA) is 80.7 Å². The molecule has 4 rings (SSSR count). The number of aromatic hydroxyl groups is 1. The highest BCUT2D eigenvalue weighted by molar-refractivity contribution is 8.13. The fourth-order valence-electron chi connectivity index (χ4n) is 3.66. The second-order valence-electron chi connectivity index (χ2n) is 6.52. The number of hydrogen-bond donors (Lipinski definition) is 2. The van der Waals surface area contributed by atoms with Crippen LogP contribution in [0.25, 0.3) is 0 Å². The third kappa shape index (κ3) is 2.93. The van der Waals surface area contributed by atoms with E-state index < -0.39 is 17.2 Å². The van der Waals surface area contributed by atoms with Crippen LogP contribution in [0.2, 0.25) is 0 Å². The Balaban J connectivity index is 1.72.